The van der Waals surface area contributed by atoms with Crippen LogP contribution in [0.4, 0.5) is 5.69 Å². The quantitative estimate of drug-likeness (QED) is 0.647. The smallest absolute Gasteiger partial charge is 0.261 e. The van der Waals surface area contributed by atoms with E-state index in [9.17, 15) is 9.59 Å². The highest BCUT2D eigenvalue weighted by atomic mass is 16.2. The van der Waals surface area contributed by atoms with Crippen LogP contribution in [0, 0.1) is 0 Å². The van der Waals surface area contributed by atoms with Gasteiger partial charge in [0, 0.05) is 29.5 Å². The third kappa shape index (κ3) is 2.11. The van der Waals surface area contributed by atoms with Crippen molar-refractivity contribution in [2.75, 3.05) is 5.32 Å². The number of hydrogen-bond acceptors (Lipinski definition) is 3. The first-order chi connectivity index (χ1) is 9.24. The molecule has 6 heteroatoms. The third-order valence-corrected chi connectivity index (χ3v) is 2.77. The molecule has 0 bridgehead atoms. The predicted octanol–water partition coefficient (Wildman–Crippen LogP) is 1.50. The molecule has 0 saturated heterocycles. The van der Waals surface area contributed by atoms with Crippen molar-refractivity contribution in [3.63, 3.8) is 0 Å². The van der Waals surface area contributed by atoms with Crippen LogP contribution in [0.2, 0.25) is 0 Å². The number of nitrogens with one attached hydrogen (secondary N) is 3. The number of benzene rings is 1. The summed E-state index contributed by atoms with van der Waals surface area (Å²) in [5.41, 5.74) is 1.26. The summed E-state index contributed by atoms with van der Waals surface area (Å²) in [6.45, 7) is 0. The molecule has 0 aliphatic rings. The molecule has 94 valence electrons. The number of hydrogen-bond donors (Lipinski definition) is 3. The molecular formula is C13H10N4O2. The zero-order valence-electron chi connectivity index (χ0n) is 9.81. The fourth-order valence-corrected chi connectivity index (χ4v) is 1.81. The molecule has 6 nitrogen and oxygen atoms in total. The Morgan fingerprint density at radius 2 is 2.16 bits per heavy atom. The molecule has 2 aromatic heterocycles. The van der Waals surface area contributed by atoms with Gasteiger partial charge >= 0.3 is 0 Å². The van der Waals surface area contributed by atoms with E-state index in [1.165, 1.54) is 18.5 Å². The Hall–Kier alpha value is -2.89. The number of fused-ring (bicyclic) bond motifs is 1. The third-order valence-electron chi connectivity index (χ3n) is 2.77. The minimum absolute atomic E-state index is 0.0785. The van der Waals surface area contributed by atoms with Gasteiger partial charge in [0.2, 0.25) is 0 Å². The molecule has 0 unspecified atom stereocenters. The van der Waals surface area contributed by atoms with Gasteiger partial charge in [-0.25, -0.2) is 0 Å². The molecule has 3 N–H and O–H groups in total. The van der Waals surface area contributed by atoms with Crippen molar-refractivity contribution < 1.29 is 4.79 Å². The van der Waals surface area contributed by atoms with Gasteiger partial charge in [-0.2, -0.15) is 5.10 Å². The van der Waals surface area contributed by atoms with Gasteiger partial charge in [-0.3, -0.25) is 14.7 Å². The van der Waals surface area contributed by atoms with Crippen LogP contribution in [0.5, 0.6) is 0 Å². The first-order valence-corrected chi connectivity index (χ1v) is 5.65. The fraction of sp³-hybridized carbons (Fsp3) is 0. The molecule has 0 radical (unpaired) electrons. The molecular weight excluding hydrogens is 244 g/mol. The molecule has 0 spiro atoms. The number of carbonyl (C=O) groups excluding carboxylic acids is 1. The second-order valence-corrected chi connectivity index (χ2v) is 4.05. The number of aromatic amines is 2. The lowest BCUT2D eigenvalue weighted by Crippen LogP contribution is -2.20. The van der Waals surface area contributed by atoms with E-state index in [1.54, 1.807) is 18.3 Å². The highest BCUT2D eigenvalue weighted by Crippen LogP contribution is 2.16. The lowest BCUT2D eigenvalue weighted by molar-refractivity contribution is 0.102. The molecule has 0 aliphatic carbocycles. The number of H-pyrrole nitrogens is 2. The molecule has 2 heterocycles. The molecule has 0 aliphatic heterocycles. The summed E-state index contributed by atoms with van der Waals surface area (Å²) in [7, 11) is 0. The number of anilines is 1. The minimum atomic E-state index is -0.440. The van der Waals surface area contributed by atoms with Gasteiger partial charge in [0.1, 0.15) is 5.56 Å². The summed E-state index contributed by atoms with van der Waals surface area (Å²) in [6.07, 6.45) is 4.53. The lowest BCUT2D eigenvalue weighted by atomic mass is 10.2. The fourth-order valence-electron chi connectivity index (χ4n) is 1.81. The summed E-state index contributed by atoms with van der Waals surface area (Å²) in [5.74, 6) is -0.440. The van der Waals surface area contributed by atoms with Gasteiger partial charge in [0.25, 0.3) is 5.91 Å². The molecule has 0 saturated carbocycles. The maximum absolute atomic E-state index is 12.0. The Morgan fingerprint density at radius 1 is 1.26 bits per heavy atom. The Labute approximate surface area is 107 Å². The number of carbonyl (C=O) groups is 1. The monoisotopic (exact) mass is 254 g/mol. The largest absolute Gasteiger partial charge is 0.367 e. The van der Waals surface area contributed by atoms with Crippen LogP contribution in [-0.4, -0.2) is 21.1 Å². The summed E-state index contributed by atoms with van der Waals surface area (Å²) >= 11 is 0. The molecule has 3 aromatic rings. The lowest BCUT2D eigenvalue weighted by Gasteiger charge is -2.04. The van der Waals surface area contributed by atoms with E-state index >= 15 is 0 Å². The average Bonchev–Trinajstić information content (AvgIpc) is 2.86. The van der Waals surface area contributed by atoms with Crippen LogP contribution in [0.3, 0.4) is 0 Å². The van der Waals surface area contributed by atoms with Crippen LogP contribution in [-0.2, 0) is 0 Å². The number of nitrogens with zero attached hydrogens (tertiary/aromatic N) is 1. The van der Waals surface area contributed by atoms with E-state index in [1.807, 2.05) is 6.07 Å². The Bertz CT molecular complexity index is 803. The van der Waals surface area contributed by atoms with E-state index < -0.39 is 5.91 Å². The Balaban J connectivity index is 1.90. The summed E-state index contributed by atoms with van der Waals surface area (Å²) in [5, 5.41) is 10.3. The van der Waals surface area contributed by atoms with E-state index in [4.69, 9.17) is 0 Å². The Morgan fingerprint density at radius 3 is 3.00 bits per heavy atom. The maximum atomic E-state index is 12.0. The number of pyridine rings is 1. The van der Waals surface area contributed by atoms with Crippen molar-refractivity contribution in [2.24, 2.45) is 0 Å². The second-order valence-electron chi connectivity index (χ2n) is 4.05. The topological polar surface area (TPSA) is 90.6 Å². The number of aromatic nitrogens is 3. The van der Waals surface area contributed by atoms with Crippen LogP contribution < -0.4 is 10.7 Å². The second kappa shape index (κ2) is 4.41. The van der Waals surface area contributed by atoms with Gasteiger partial charge in [-0.15, -0.1) is 0 Å². The highest BCUT2D eigenvalue weighted by molar-refractivity contribution is 6.04. The zero-order chi connectivity index (χ0) is 13.2. The van der Waals surface area contributed by atoms with Crippen molar-refractivity contribution in [1.29, 1.82) is 0 Å². The van der Waals surface area contributed by atoms with Crippen molar-refractivity contribution in [1.82, 2.24) is 15.2 Å². The number of rotatable bonds is 2. The predicted molar refractivity (Wildman–Crippen MR) is 71.1 cm³/mol. The SMILES string of the molecule is O=C(Nc1ccc2[nH]ncc2c1)c1c[nH]ccc1=O. The van der Waals surface area contributed by atoms with Crippen LogP contribution in [0.15, 0.2) is 47.7 Å². The van der Waals surface area contributed by atoms with Gasteiger partial charge in [-0.05, 0) is 18.2 Å². The highest BCUT2D eigenvalue weighted by Gasteiger charge is 2.10. The molecule has 3 rings (SSSR count). The van der Waals surface area contributed by atoms with Crippen molar-refractivity contribution in [3.05, 3.63) is 58.6 Å². The van der Waals surface area contributed by atoms with Crippen LogP contribution in [0.1, 0.15) is 10.4 Å². The van der Waals surface area contributed by atoms with Gasteiger partial charge in [-0.1, -0.05) is 0 Å². The van der Waals surface area contributed by atoms with E-state index in [0.29, 0.717) is 5.69 Å². The summed E-state index contributed by atoms with van der Waals surface area (Å²) < 4.78 is 0. The molecule has 1 amide bonds. The summed E-state index contributed by atoms with van der Waals surface area (Å²) in [6, 6.07) is 6.66. The van der Waals surface area contributed by atoms with Crippen LogP contribution >= 0.6 is 0 Å². The first kappa shape index (κ1) is 11.2. The molecule has 19 heavy (non-hydrogen) atoms. The van der Waals surface area contributed by atoms with Crippen molar-refractivity contribution in [2.45, 2.75) is 0 Å². The minimum Gasteiger partial charge on any atom is -0.367 e. The van der Waals surface area contributed by atoms with Gasteiger partial charge < -0.3 is 10.3 Å². The summed E-state index contributed by atoms with van der Waals surface area (Å²) in [4.78, 5) is 26.2. The van der Waals surface area contributed by atoms with E-state index in [2.05, 4.69) is 20.5 Å². The van der Waals surface area contributed by atoms with Gasteiger partial charge in [0.15, 0.2) is 5.43 Å². The van der Waals surface area contributed by atoms with Crippen molar-refractivity contribution >= 4 is 22.5 Å². The standard InChI is InChI=1S/C13H10N4O2/c18-12-3-4-14-7-10(12)13(19)16-9-1-2-11-8(5-9)6-15-17-11/h1-7H,(H,14,18)(H,15,17)(H,16,19). The molecule has 1 aromatic carbocycles. The normalized spacial score (nSPS) is 10.5. The van der Waals surface area contributed by atoms with Crippen molar-refractivity contribution in [3.8, 4) is 0 Å². The first-order valence-electron chi connectivity index (χ1n) is 5.65. The maximum Gasteiger partial charge on any atom is 0.261 e. The molecule has 0 fully saturated rings. The zero-order valence-corrected chi connectivity index (χ0v) is 9.81. The van der Waals surface area contributed by atoms with E-state index in [0.717, 1.165) is 10.9 Å². The Kier molecular flexibility index (Phi) is 2.60. The molecule has 0 atom stereocenters. The van der Waals surface area contributed by atoms with Crippen LogP contribution in [0.25, 0.3) is 10.9 Å². The van der Waals surface area contributed by atoms with Gasteiger partial charge in [0.05, 0.1) is 11.7 Å². The number of amides is 1. The average molecular weight is 254 g/mol. The van der Waals surface area contributed by atoms with E-state index in [-0.39, 0.29) is 11.0 Å².